The minimum atomic E-state index is 0.332. The van der Waals surface area contributed by atoms with Crippen LogP contribution in [0.1, 0.15) is 27.2 Å². The van der Waals surface area contributed by atoms with Gasteiger partial charge in [0.1, 0.15) is 5.82 Å². The second-order valence-electron chi connectivity index (χ2n) is 5.59. The molecule has 0 bridgehead atoms. The lowest BCUT2D eigenvalue weighted by Gasteiger charge is -2.25. The van der Waals surface area contributed by atoms with Crippen LogP contribution in [0.15, 0.2) is 12.3 Å². The lowest BCUT2D eigenvalue weighted by atomic mass is 9.84. The number of hydrogen-bond donors (Lipinski definition) is 2. The second-order valence-corrected chi connectivity index (χ2v) is 5.59. The molecule has 1 heterocycles. The van der Waals surface area contributed by atoms with Crippen LogP contribution in [0.2, 0.25) is 0 Å². The summed E-state index contributed by atoms with van der Waals surface area (Å²) in [6.45, 7) is 8.38. The van der Waals surface area contributed by atoms with Crippen molar-refractivity contribution in [2.24, 2.45) is 24.1 Å². The number of hydrogen-bond acceptors (Lipinski definition) is 3. The van der Waals surface area contributed by atoms with Gasteiger partial charge in [0.15, 0.2) is 0 Å². The first kappa shape index (κ1) is 13.0. The number of aryl methyl sites for hydroxylation is 1. The summed E-state index contributed by atoms with van der Waals surface area (Å²) in [5.41, 5.74) is 6.13. The maximum Gasteiger partial charge on any atom is 0.123 e. The van der Waals surface area contributed by atoms with E-state index in [2.05, 4.69) is 31.2 Å². The van der Waals surface area contributed by atoms with Gasteiger partial charge >= 0.3 is 0 Å². The topological polar surface area (TPSA) is 55.9 Å². The lowest BCUT2D eigenvalue weighted by Crippen LogP contribution is -2.27. The highest BCUT2D eigenvalue weighted by Gasteiger charge is 2.17. The molecule has 0 aromatic carbocycles. The molecular formula is C12H24N4. The third kappa shape index (κ3) is 4.23. The van der Waals surface area contributed by atoms with E-state index in [1.54, 1.807) is 6.20 Å². The van der Waals surface area contributed by atoms with E-state index in [9.17, 15) is 0 Å². The van der Waals surface area contributed by atoms with Crippen LogP contribution in [0.3, 0.4) is 0 Å². The van der Waals surface area contributed by atoms with Gasteiger partial charge in [0, 0.05) is 19.7 Å². The Morgan fingerprint density at radius 2 is 2.19 bits per heavy atom. The fraction of sp³-hybridized carbons (Fsp3) is 0.750. The first-order valence-electron chi connectivity index (χ1n) is 5.84. The largest absolute Gasteiger partial charge is 0.370 e. The zero-order valence-corrected chi connectivity index (χ0v) is 10.8. The molecule has 1 aromatic heterocycles. The summed E-state index contributed by atoms with van der Waals surface area (Å²) in [5.74, 6) is 1.56. The molecule has 1 rings (SSSR count). The maximum atomic E-state index is 5.80. The number of nitrogens with zero attached hydrogens (tertiary/aromatic N) is 2. The summed E-state index contributed by atoms with van der Waals surface area (Å²) in [6, 6.07) is 1.98. The van der Waals surface area contributed by atoms with Crippen LogP contribution >= 0.6 is 0 Å². The summed E-state index contributed by atoms with van der Waals surface area (Å²) in [4.78, 5) is 0. The molecule has 0 aliphatic heterocycles. The van der Waals surface area contributed by atoms with Crippen molar-refractivity contribution in [3.8, 4) is 0 Å². The summed E-state index contributed by atoms with van der Waals surface area (Å²) >= 11 is 0. The monoisotopic (exact) mass is 224 g/mol. The molecule has 1 aromatic rings. The Morgan fingerprint density at radius 3 is 2.62 bits per heavy atom. The molecule has 0 amide bonds. The predicted molar refractivity (Wildman–Crippen MR) is 68.3 cm³/mol. The van der Waals surface area contributed by atoms with Crippen molar-refractivity contribution in [1.82, 2.24) is 9.78 Å². The Balaban J connectivity index is 2.43. The van der Waals surface area contributed by atoms with E-state index in [4.69, 9.17) is 5.73 Å². The van der Waals surface area contributed by atoms with E-state index in [1.165, 1.54) is 0 Å². The van der Waals surface area contributed by atoms with Crippen LogP contribution in [0, 0.1) is 11.3 Å². The highest BCUT2D eigenvalue weighted by atomic mass is 15.3. The minimum absolute atomic E-state index is 0.332. The molecule has 0 aliphatic carbocycles. The van der Waals surface area contributed by atoms with Gasteiger partial charge in [0.05, 0.1) is 6.20 Å². The first-order valence-corrected chi connectivity index (χ1v) is 5.84. The Morgan fingerprint density at radius 1 is 1.50 bits per heavy atom. The number of anilines is 1. The number of nitrogens with two attached hydrogens (primary N) is 1. The molecule has 0 saturated heterocycles. The van der Waals surface area contributed by atoms with Gasteiger partial charge in [-0.1, -0.05) is 20.8 Å². The lowest BCUT2D eigenvalue weighted by molar-refractivity contribution is 0.305. The molecule has 0 radical (unpaired) electrons. The highest BCUT2D eigenvalue weighted by molar-refractivity contribution is 5.33. The normalized spacial score (nSPS) is 13.8. The Labute approximate surface area is 98.2 Å². The minimum Gasteiger partial charge on any atom is -0.370 e. The average Bonchev–Trinajstić information content (AvgIpc) is 2.57. The third-order valence-corrected chi connectivity index (χ3v) is 2.63. The second kappa shape index (κ2) is 5.34. The molecule has 92 valence electrons. The van der Waals surface area contributed by atoms with Crippen molar-refractivity contribution in [2.75, 3.05) is 18.4 Å². The summed E-state index contributed by atoms with van der Waals surface area (Å²) in [7, 11) is 1.93. The Kier molecular flexibility index (Phi) is 4.35. The van der Waals surface area contributed by atoms with E-state index in [-0.39, 0.29) is 0 Å². The summed E-state index contributed by atoms with van der Waals surface area (Å²) in [6.07, 6.45) is 2.93. The average molecular weight is 224 g/mol. The van der Waals surface area contributed by atoms with E-state index >= 15 is 0 Å². The van der Waals surface area contributed by atoms with Crippen molar-refractivity contribution in [1.29, 1.82) is 0 Å². The first-order chi connectivity index (χ1) is 7.42. The smallest absolute Gasteiger partial charge is 0.123 e. The molecule has 0 spiro atoms. The van der Waals surface area contributed by atoms with Gasteiger partial charge in [-0.15, -0.1) is 0 Å². The number of nitrogens with one attached hydrogen (secondary N) is 1. The van der Waals surface area contributed by atoms with E-state index in [0.29, 0.717) is 11.3 Å². The molecule has 3 N–H and O–H groups in total. The highest BCUT2D eigenvalue weighted by Crippen LogP contribution is 2.24. The van der Waals surface area contributed by atoms with E-state index in [1.807, 2.05) is 17.8 Å². The van der Waals surface area contributed by atoms with E-state index < -0.39 is 0 Å². The molecule has 4 heteroatoms. The molecule has 4 nitrogen and oxygen atoms in total. The third-order valence-electron chi connectivity index (χ3n) is 2.63. The van der Waals surface area contributed by atoms with Gasteiger partial charge in [-0.3, -0.25) is 4.68 Å². The standard InChI is InChI=1S/C12H24N4/c1-12(2,3)7-10(8-13)9-14-11-5-6-15-16(11)4/h5-6,10,14H,7-9,13H2,1-4H3. The summed E-state index contributed by atoms with van der Waals surface area (Å²) < 4.78 is 1.84. The number of aromatic nitrogens is 2. The van der Waals surface area contributed by atoms with Crippen LogP contribution in [0.25, 0.3) is 0 Å². The molecule has 1 unspecified atom stereocenters. The van der Waals surface area contributed by atoms with Crippen LogP contribution in [0.4, 0.5) is 5.82 Å². The van der Waals surface area contributed by atoms with Crippen molar-refractivity contribution < 1.29 is 0 Å². The quantitative estimate of drug-likeness (QED) is 0.802. The molecule has 1 atom stereocenters. The maximum absolute atomic E-state index is 5.80. The van der Waals surface area contributed by atoms with Gasteiger partial charge in [-0.2, -0.15) is 5.10 Å². The van der Waals surface area contributed by atoms with Crippen molar-refractivity contribution in [2.45, 2.75) is 27.2 Å². The van der Waals surface area contributed by atoms with Gasteiger partial charge < -0.3 is 11.1 Å². The SMILES string of the molecule is Cn1nccc1NCC(CN)CC(C)(C)C. The molecule has 0 fully saturated rings. The Bertz CT molecular complexity index is 311. The number of rotatable bonds is 5. The van der Waals surface area contributed by atoms with Crippen molar-refractivity contribution in [3.05, 3.63) is 12.3 Å². The predicted octanol–water partition coefficient (Wildman–Crippen LogP) is 1.84. The van der Waals surface area contributed by atoms with Crippen LogP contribution in [-0.2, 0) is 7.05 Å². The molecular weight excluding hydrogens is 200 g/mol. The van der Waals surface area contributed by atoms with Gasteiger partial charge in [-0.05, 0) is 24.3 Å². The zero-order valence-electron chi connectivity index (χ0n) is 10.8. The van der Waals surface area contributed by atoms with Crippen LogP contribution < -0.4 is 11.1 Å². The van der Waals surface area contributed by atoms with Crippen molar-refractivity contribution in [3.63, 3.8) is 0 Å². The fourth-order valence-corrected chi connectivity index (χ4v) is 1.90. The molecule has 0 aliphatic rings. The van der Waals surface area contributed by atoms with Gasteiger partial charge in [-0.25, -0.2) is 0 Å². The van der Waals surface area contributed by atoms with Crippen LogP contribution in [-0.4, -0.2) is 22.9 Å². The summed E-state index contributed by atoms with van der Waals surface area (Å²) in [5, 5.41) is 7.50. The van der Waals surface area contributed by atoms with Crippen LogP contribution in [0.5, 0.6) is 0 Å². The Hall–Kier alpha value is -1.03. The van der Waals surface area contributed by atoms with Gasteiger partial charge in [0.2, 0.25) is 0 Å². The fourth-order valence-electron chi connectivity index (χ4n) is 1.90. The molecule has 0 saturated carbocycles. The van der Waals surface area contributed by atoms with Crippen molar-refractivity contribution >= 4 is 5.82 Å². The molecule has 16 heavy (non-hydrogen) atoms. The van der Waals surface area contributed by atoms with E-state index in [0.717, 1.165) is 25.3 Å². The van der Waals surface area contributed by atoms with Gasteiger partial charge in [0.25, 0.3) is 0 Å². The zero-order chi connectivity index (χ0) is 12.2.